The van der Waals surface area contributed by atoms with Crippen LogP contribution in [0.25, 0.3) is 33.5 Å². The van der Waals surface area contributed by atoms with Gasteiger partial charge in [-0.1, -0.05) is 12.1 Å². The molecule has 1 N–H and O–H groups in total. The Balaban J connectivity index is 1.30. The van der Waals surface area contributed by atoms with Gasteiger partial charge in [-0.15, -0.1) is 0 Å². The van der Waals surface area contributed by atoms with Crippen molar-refractivity contribution in [3.8, 4) is 17.3 Å². The standard InChI is InChI=1S/C35H44FN5O7S/c1-21(48-49(6,44)45)20-46-30-9-7-8-24-15-29(41(31(24)30)18-22-10-11-22)32-38-27-16-26-23(14-28(27)39(32)5)12-13-40(33(26)42)19-25(17-36)37-34(43)47-35(2,3)4/h7-9,14-16,21-22,25H,10-13,17-20H2,1-6H3,(H,37,43)/t21-,25-/m1/s1. The maximum Gasteiger partial charge on any atom is 0.408 e. The smallest absolute Gasteiger partial charge is 0.408 e. The number of fused-ring (bicyclic) bond motifs is 3. The van der Waals surface area contributed by atoms with Crippen LogP contribution in [0.3, 0.4) is 0 Å². The van der Waals surface area contributed by atoms with Crippen molar-refractivity contribution in [2.75, 3.05) is 32.6 Å². The highest BCUT2D eigenvalue weighted by Gasteiger charge is 2.31. The highest BCUT2D eigenvalue weighted by atomic mass is 32.2. The molecule has 0 spiro atoms. The number of carbonyl (C=O) groups is 2. The molecule has 2 aromatic carbocycles. The van der Waals surface area contributed by atoms with Gasteiger partial charge in [-0.3, -0.25) is 8.98 Å². The van der Waals surface area contributed by atoms with Gasteiger partial charge in [0.2, 0.25) is 0 Å². The second-order valence-corrected chi connectivity index (χ2v) is 15.8. The van der Waals surface area contributed by atoms with Crippen molar-refractivity contribution in [3.63, 3.8) is 0 Å². The number of carbonyl (C=O) groups excluding carboxylic acids is 2. The first-order valence-electron chi connectivity index (χ1n) is 16.6. The Bertz CT molecular complexity index is 2010. The summed E-state index contributed by atoms with van der Waals surface area (Å²) < 4.78 is 57.9. The molecule has 2 amide bonds. The number of aryl methyl sites for hydroxylation is 1. The number of halogens is 1. The second kappa shape index (κ2) is 13.3. The molecule has 0 saturated heterocycles. The maximum atomic E-state index is 13.9. The second-order valence-electron chi connectivity index (χ2n) is 14.2. The number of amides is 2. The van der Waals surface area contributed by atoms with E-state index in [1.54, 1.807) is 38.7 Å². The van der Waals surface area contributed by atoms with E-state index in [1.165, 1.54) is 0 Å². The van der Waals surface area contributed by atoms with Crippen LogP contribution in [0, 0.1) is 5.92 Å². The van der Waals surface area contributed by atoms with Crippen molar-refractivity contribution >= 4 is 44.1 Å². The number of benzene rings is 2. The molecule has 6 rings (SSSR count). The van der Waals surface area contributed by atoms with E-state index in [1.807, 2.05) is 35.9 Å². The van der Waals surface area contributed by atoms with Gasteiger partial charge in [-0.05, 0) is 82.7 Å². The number of rotatable bonds is 12. The molecule has 14 heteroatoms. The van der Waals surface area contributed by atoms with Crippen LogP contribution in [0.4, 0.5) is 9.18 Å². The number of alkyl carbamates (subject to hydrolysis) is 1. The molecule has 49 heavy (non-hydrogen) atoms. The summed E-state index contributed by atoms with van der Waals surface area (Å²) in [4.78, 5) is 32.5. The largest absolute Gasteiger partial charge is 0.489 e. The minimum absolute atomic E-state index is 0.0182. The van der Waals surface area contributed by atoms with Crippen molar-refractivity contribution in [1.82, 2.24) is 24.3 Å². The highest BCUT2D eigenvalue weighted by molar-refractivity contribution is 7.86. The summed E-state index contributed by atoms with van der Waals surface area (Å²) in [6.45, 7) is 7.24. The van der Waals surface area contributed by atoms with Crippen molar-refractivity contribution in [3.05, 3.63) is 47.5 Å². The number of alkyl halides is 1. The van der Waals surface area contributed by atoms with Gasteiger partial charge in [0.25, 0.3) is 16.0 Å². The van der Waals surface area contributed by atoms with E-state index >= 15 is 0 Å². The maximum absolute atomic E-state index is 13.9. The molecule has 2 atom stereocenters. The van der Waals surface area contributed by atoms with Crippen LogP contribution in [-0.4, -0.2) is 89.8 Å². The number of nitrogens with zero attached hydrogens (tertiary/aromatic N) is 4. The molecule has 264 valence electrons. The number of nitrogens with one attached hydrogen (secondary N) is 1. The number of aromatic nitrogens is 3. The lowest BCUT2D eigenvalue weighted by molar-refractivity contribution is 0.0466. The summed E-state index contributed by atoms with van der Waals surface area (Å²) >= 11 is 0. The fraction of sp³-hybridized carbons (Fsp3) is 0.514. The van der Waals surface area contributed by atoms with E-state index in [2.05, 4.69) is 16.0 Å². The zero-order valence-electron chi connectivity index (χ0n) is 28.8. The third kappa shape index (κ3) is 7.85. The molecule has 1 aliphatic heterocycles. The minimum atomic E-state index is -3.62. The van der Waals surface area contributed by atoms with E-state index in [-0.39, 0.29) is 19.1 Å². The molecule has 2 aromatic heterocycles. The van der Waals surface area contributed by atoms with Gasteiger partial charge >= 0.3 is 6.09 Å². The quantitative estimate of drug-likeness (QED) is 0.200. The molecular weight excluding hydrogens is 653 g/mol. The number of imidazole rings is 1. The normalized spacial score (nSPS) is 16.6. The fourth-order valence-electron chi connectivity index (χ4n) is 6.36. The lowest BCUT2D eigenvalue weighted by atomic mass is 9.97. The number of para-hydroxylation sites is 1. The summed E-state index contributed by atoms with van der Waals surface area (Å²) in [7, 11) is -1.66. The molecule has 4 aromatic rings. The molecular formula is C35H44FN5O7S. The zero-order valence-corrected chi connectivity index (χ0v) is 29.6. The van der Waals surface area contributed by atoms with E-state index in [0.717, 1.165) is 59.1 Å². The first-order valence-corrected chi connectivity index (χ1v) is 18.4. The lowest BCUT2D eigenvalue weighted by Gasteiger charge is -2.31. The van der Waals surface area contributed by atoms with E-state index in [4.69, 9.17) is 18.6 Å². The van der Waals surface area contributed by atoms with Crippen LogP contribution in [-0.2, 0) is 39.1 Å². The summed E-state index contributed by atoms with van der Waals surface area (Å²) in [6, 6.07) is 10.8. The Morgan fingerprint density at radius 2 is 1.94 bits per heavy atom. The molecule has 0 unspecified atom stereocenters. The molecule has 0 bridgehead atoms. The van der Waals surface area contributed by atoms with Crippen LogP contribution in [0.1, 0.15) is 56.5 Å². The van der Waals surface area contributed by atoms with E-state index < -0.39 is 40.6 Å². The first kappa shape index (κ1) is 34.7. The lowest BCUT2D eigenvalue weighted by Crippen LogP contribution is -2.50. The van der Waals surface area contributed by atoms with Crippen molar-refractivity contribution in [2.24, 2.45) is 13.0 Å². The number of hydrogen-bond donors (Lipinski definition) is 1. The minimum Gasteiger partial charge on any atom is -0.489 e. The summed E-state index contributed by atoms with van der Waals surface area (Å²) in [5, 5.41) is 3.51. The van der Waals surface area contributed by atoms with Gasteiger partial charge < -0.3 is 28.8 Å². The summed E-state index contributed by atoms with van der Waals surface area (Å²) in [5.74, 6) is 1.65. The molecule has 0 radical (unpaired) electrons. The molecule has 3 heterocycles. The monoisotopic (exact) mass is 697 g/mol. The van der Waals surface area contributed by atoms with Crippen LogP contribution >= 0.6 is 0 Å². The van der Waals surface area contributed by atoms with Crippen molar-refractivity contribution < 1.29 is 36.1 Å². The van der Waals surface area contributed by atoms with Crippen LogP contribution in [0.2, 0.25) is 0 Å². The zero-order chi connectivity index (χ0) is 35.2. The van der Waals surface area contributed by atoms with Gasteiger partial charge in [0.05, 0.1) is 34.5 Å². The molecule has 2 aliphatic rings. The Hall–Kier alpha value is -4.17. The molecule has 1 aliphatic carbocycles. The predicted molar refractivity (Wildman–Crippen MR) is 184 cm³/mol. The Morgan fingerprint density at radius 1 is 1.18 bits per heavy atom. The van der Waals surface area contributed by atoms with Crippen LogP contribution in [0.15, 0.2) is 36.4 Å². The van der Waals surface area contributed by atoms with E-state index in [9.17, 15) is 22.4 Å². The molecule has 1 fully saturated rings. The highest BCUT2D eigenvalue weighted by Crippen LogP contribution is 2.39. The van der Waals surface area contributed by atoms with Gasteiger partial charge in [-0.25, -0.2) is 14.2 Å². The third-order valence-corrected chi connectivity index (χ3v) is 9.36. The van der Waals surface area contributed by atoms with Crippen molar-refractivity contribution in [2.45, 2.75) is 71.2 Å². The average molecular weight is 698 g/mol. The molecule has 12 nitrogen and oxygen atoms in total. The van der Waals surface area contributed by atoms with Crippen LogP contribution < -0.4 is 10.1 Å². The Labute approximate surface area is 285 Å². The number of hydrogen-bond acceptors (Lipinski definition) is 8. The Morgan fingerprint density at radius 3 is 2.61 bits per heavy atom. The third-order valence-electron chi connectivity index (χ3n) is 8.68. The fourth-order valence-corrected chi connectivity index (χ4v) is 7.02. The molecule has 1 saturated carbocycles. The van der Waals surface area contributed by atoms with Gasteiger partial charge in [0, 0.05) is 37.6 Å². The van der Waals surface area contributed by atoms with E-state index in [0.29, 0.717) is 35.7 Å². The predicted octanol–water partition coefficient (Wildman–Crippen LogP) is 5.21. The van der Waals surface area contributed by atoms with Crippen molar-refractivity contribution in [1.29, 1.82) is 0 Å². The Kier molecular flexibility index (Phi) is 9.40. The first-order chi connectivity index (χ1) is 23.1. The van der Waals surface area contributed by atoms with Gasteiger partial charge in [-0.2, -0.15) is 8.42 Å². The van der Waals surface area contributed by atoms with Gasteiger partial charge in [0.1, 0.15) is 30.7 Å². The number of ether oxygens (including phenoxy) is 2. The summed E-state index contributed by atoms with van der Waals surface area (Å²) in [5.41, 5.74) is 4.02. The average Bonchev–Trinajstić information content (AvgIpc) is 3.68. The topological polar surface area (TPSA) is 134 Å². The SMILES string of the molecule is C[C@H](COc1cccc2cc(-c3nc4cc5c(cc4n3C)CCN(C[C@@H](CF)NC(=O)OC(C)(C)C)C5=O)n(CC3CC3)c12)OS(C)(=O)=O. The van der Waals surface area contributed by atoms with Gasteiger partial charge in [0.15, 0.2) is 5.82 Å². The summed E-state index contributed by atoms with van der Waals surface area (Å²) in [6.07, 6.45) is 2.47. The van der Waals surface area contributed by atoms with Crippen LogP contribution in [0.5, 0.6) is 5.75 Å².